The molecule has 0 heterocycles. The van der Waals surface area contributed by atoms with E-state index in [1.807, 2.05) is 12.2 Å². The Morgan fingerprint density at radius 2 is 1.34 bits per heavy atom. The van der Waals surface area contributed by atoms with Gasteiger partial charge in [0.1, 0.15) is 9.75 Å². The van der Waals surface area contributed by atoms with E-state index in [4.69, 9.17) is 139 Å². The normalized spacial score (nSPS) is 50.6. The van der Waals surface area contributed by atoms with Gasteiger partial charge in [-0.3, -0.25) is 0 Å². The maximum Gasteiger partial charge on any atom is 0.178 e. The van der Waals surface area contributed by atoms with Crippen molar-refractivity contribution in [1.82, 2.24) is 0 Å². The van der Waals surface area contributed by atoms with Crippen molar-refractivity contribution in [3.05, 3.63) is 35.5 Å². The minimum absolute atomic E-state index is 0.112. The van der Waals surface area contributed by atoms with Crippen LogP contribution in [0, 0.1) is 5.92 Å². The van der Waals surface area contributed by atoms with Crippen molar-refractivity contribution in [2.75, 3.05) is 0 Å². The molecule has 0 aliphatic heterocycles. The van der Waals surface area contributed by atoms with E-state index in [-0.39, 0.29) is 24.3 Å². The Labute approximate surface area is 228 Å². The zero-order valence-electron chi connectivity index (χ0n) is 13.9. The molecule has 0 spiro atoms. The van der Waals surface area contributed by atoms with Crippen molar-refractivity contribution < 1.29 is 0 Å². The summed E-state index contributed by atoms with van der Waals surface area (Å²) in [5, 5.41) is -0.952. The predicted molar refractivity (Wildman–Crippen MR) is 131 cm³/mol. The fourth-order valence-electron chi connectivity index (χ4n) is 4.47. The summed E-state index contributed by atoms with van der Waals surface area (Å²) in [5.74, 6) is -0.281. The number of hydrogen-bond acceptors (Lipinski definition) is 0. The van der Waals surface area contributed by atoms with Crippen LogP contribution in [0.1, 0.15) is 12.8 Å². The summed E-state index contributed by atoms with van der Waals surface area (Å²) < 4.78 is -8.68. The third-order valence-electron chi connectivity index (χ3n) is 6.18. The molecule has 0 bridgehead atoms. The molecule has 4 aliphatic carbocycles. The van der Waals surface area contributed by atoms with Crippen molar-refractivity contribution >= 4 is 139 Å². The molecule has 0 amide bonds. The smallest absolute Gasteiger partial charge is 0.120 e. The molecule has 4 aliphatic rings. The van der Waals surface area contributed by atoms with Crippen LogP contribution in [-0.2, 0) is 0 Å². The minimum Gasteiger partial charge on any atom is -0.120 e. The van der Waals surface area contributed by atoms with E-state index in [1.54, 1.807) is 12.2 Å². The standard InChI is InChI=1S/C17H10Cl12/c18-9-5-7-3-1-2-4-8(7)10-11(19)6-12(11,20)15(24,25)17(28,29)13(10,21)16(26,27)14(9,22)23/h1-4,7,9H,5-6H2/b10-8-. The van der Waals surface area contributed by atoms with Crippen LogP contribution in [0.2, 0.25) is 0 Å². The molecule has 0 nitrogen and oxygen atoms in total. The van der Waals surface area contributed by atoms with Gasteiger partial charge in [-0.2, -0.15) is 0 Å². The van der Waals surface area contributed by atoms with Gasteiger partial charge in [-0.15, -0.1) is 46.4 Å². The second kappa shape index (κ2) is 6.89. The molecule has 0 aromatic carbocycles. The van der Waals surface area contributed by atoms with Crippen LogP contribution >= 0.6 is 139 Å². The molecular formula is C17H10Cl12. The maximum atomic E-state index is 7.18. The zero-order valence-corrected chi connectivity index (χ0v) is 23.0. The second-order valence-electron chi connectivity index (χ2n) is 7.67. The van der Waals surface area contributed by atoms with E-state index in [9.17, 15) is 0 Å². The fourth-order valence-corrected chi connectivity index (χ4v) is 9.96. The zero-order chi connectivity index (χ0) is 22.1. The van der Waals surface area contributed by atoms with E-state index >= 15 is 0 Å². The lowest BCUT2D eigenvalue weighted by Crippen LogP contribution is -2.75. The van der Waals surface area contributed by atoms with Crippen LogP contribution in [0.25, 0.3) is 0 Å². The molecule has 5 unspecified atom stereocenters. The summed E-state index contributed by atoms with van der Waals surface area (Å²) in [6, 6.07) is 0. The molecule has 0 aromatic rings. The fraction of sp³-hybridized carbons (Fsp3) is 0.647. The topological polar surface area (TPSA) is 0 Å². The van der Waals surface area contributed by atoms with Crippen LogP contribution in [0.4, 0.5) is 0 Å². The Morgan fingerprint density at radius 1 is 0.759 bits per heavy atom. The molecule has 162 valence electrons. The molecule has 0 saturated heterocycles. The summed E-state index contributed by atoms with van der Waals surface area (Å²) in [6.45, 7) is 0. The van der Waals surface area contributed by atoms with Crippen LogP contribution in [0.15, 0.2) is 35.5 Å². The predicted octanol–water partition coefficient (Wildman–Crippen LogP) is 9.08. The number of hydrogen-bond donors (Lipinski definition) is 0. The Balaban J connectivity index is 2.17. The number of alkyl halides is 12. The van der Waals surface area contributed by atoms with Crippen molar-refractivity contribution in [3.8, 4) is 0 Å². The van der Waals surface area contributed by atoms with Gasteiger partial charge >= 0.3 is 0 Å². The molecule has 0 aromatic heterocycles. The van der Waals surface area contributed by atoms with Gasteiger partial charge in [0.25, 0.3) is 0 Å². The van der Waals surface area contributed by atoms with E-state index in [0.717, 1.165) is 0 Å². The van der Waals surface area contributed by atoms with E-state index < -0.39 is 37.3 Å². The SMILES string of the molecule is ClC1CC2C=CC=C/C2=C2\C3(Cl)CC3(Cl)C(Cl)(Cl)C(Cl)(Cl)C2(Cl)C(Cl)(Cl)C1(Cl)Cl. The summed E-state index contributed by atoms with van der Waals surface area (Å²) in [7, 11) is 0. The highest BCUT2D eigenvalue weighted by atomic mass is 35.6. The van der Waals surface area contributed by atoms with Crippen LogP contribution < -0.4 is 0 Å². The molecular weight excluding hydrogens is 630 g/mol. The lowest BCUT2D eigenvalue weighted by molar-refractivity contribution is 0.359. The quantitative estimate of drug-likeness (QED) is 0.232. The van der Waals surface area contributed by atoms with Gasteiger partial charge in [0, 0.05) is 5.92 Å². The van der Waals surface area contributed by atoms with Crippen molar-refractivity contribution in [2.45, 2.75) is 50.2 Å². The third-order valence-corrected chi connectivity index (χ3v) is 15.1. The molecule has 4 rings (SSSR count). The molecule has 5 atom stereocenters. The van der Waals surface area contributed by atoms with Gasteiger partial charge in [0.15, 0.2) is 17.3 Å². The third kappa shape index (κ3) is 2.65. The summed E-state index contributed by atoms with van der Waals surface area (Å²) >= 11 is 81.3. The minimum atomic E-state index is -2.29. The summed E-state index contributed by atoms with van der Waals surface area (Å²) in [4.78, 5) is -4.97. The van der Waals surface area contributed by atoms with Gasteiger partial charge in [-0.25, -0.2) is 0 Å². The first kappa shape index (κ1) is 24.8. The highest BCUT2D eigenvalue weighted by molar-refractivity contribution is 6.74. The van der Waals surface area contributed by atoms with E-state index in [1.165, 1.54) is 0 Å². The van der Waals surface area contributed by atoms with Crippen molar-refractivity contribution in [2.24, 2.45) is 5.92 Å². The Hall–Kier alpha value is 2.70. The lowest BCUT2D eigenvalue weighted by atomic mass is 9.69. The largest absolute Gasteiger partial charge is 0.178 e. The summed E-state index contributed by atoms with van der Waals surface area (Å²) in [5.41, 5.74) is 0.949. The molecule has 0 N–H and O–H groups in total. The maximum absolute atomic E-state index is 7.18. The van der Waals surface area contributed by atoms with E-state index in [2.05, 4.69) is 0 Å². The van der Waals surface area contributed by atoms with Gasteiger partial charge < -0.3 is 0 Å². The molecule has 12 heteroatoms. The first-order valence-electron chi connectivity index (χ1n) is 8.27. The monoisotopic (exact) mass is 634 g/mol. The van der Waals surface area contributed by atoms with Crippen molar-refractivity contribution in [3.63, 3.8) is 0 Å². The number of halogens is 12. The summed E-state index contributed by atoms with van der Waals surface area (Å²) in [6.07, 6.45) is 7.75. The molecule has 2 fully saturated rings. The Bertz CT molecular complexity index is 870. The second-order valence-corrected chi connectivity index (χ2v) is 15.4. The average molecular weight is 640 g/mol. The van der Waals surface area contributed by atoms with Gasteiger partial charge in [0.2, 0.25) is 0 Å². The van der Waals surface area contributed by atoms with Gasteiger partial charge in [0.05, 0.1) is 10.3 Å². The van der Waals surface area contributed by atoms with E-state index in [0.29, 0.717) is 5.57 Å². The van der Waals surface area contributed by atoms with Crippen molar-refractivity contribution in [1.29, 1.82) is 0 Å². The van der Waals surface area contributed by atoms with Gasteiger partial charge in [-0.1, -0.05) is 117 Å². The van der Waals surface area contributed by atoms with Gasteiger partial charge in [-0.05, 0) is 24.0 Å². The van der Waals surface area contributed by atoms with Crippen LogP contribution in [0.5, 0.6) is 0 Å². The van der Waals surface area contributed by atoms with Crippen LogP contribution in [0.3, 0.4) is 0 Å². The van der Waals surface area contributed by atoms with Crippen LogP contribution in [-0.4, -0.2) is 37.3 Å². The highest BCUT2D eigenvalue weighted by Crippen LogP contribution is 2.85. The first-order valence-corrected chi connectivity index (χ1v) is 12.9. The Kier molecular flexibility index (Phi) is 5.89. The number of rotatable bonds is 0. The Morgan fingerprint density at radius 3 is 1.93 bits per heavy atom. The lowest BCUT2D eigenvalue weighted by Gasteiger charge is -2.61. The molecule has 0 radical (unpaired) electrons. The molecule has 29 heavy (non-hydrogen) atoms. The number of fused-ring (bicyclic) bond motifs is 4. The number of allylic oxidation sites excluding steroid dienone is 6. The highest BCUT2D eigenvalue weighted by Gasteiger charge is 2.93. The average Bonchev–Trinajstić information content (AvgIpc) is 3.18. The molecule has 2 saturated carbocycles. The first-order chi connectivity index (χ1) is 13.0.